The third-order valence-corrected chi connectivity index (χ3v) is 5.31. The smallest absolute Gasteiger partial charge is 0.306 e. The molecule has 0 spiro atoms. The van der Waals surface area contributed by atoms with E-state index in [0.717, 1.165) is 11.0 Å². The number of rotatable bonds is 5. The second-order valence-corrected chi connectivity index (χ2v) is 7.42. The van der Waals surface area contributed by atoms with Crippen molar-refractivity contribution in [1.29, 1.82) is 0 Å². The maximum atomic E-state index is 14.7. The lowest BCUT2D eigenvalue weighted by Crippen LogP contribution is -2.43. The van der Waals surface area contributed by atoms with Crippen molar-refractivity contribution in [1.82, 2.24) is 4.90 Å². The second kappa shape index (κ2) is 6.83. The maximum Gasteiger partial charge on any atom is 0.306 e. The van der Waals surface area contributed by atoms with Gasteiger partial charge in [0, 0.05) is 31.7 Å². The number of nitrogens with zero attached hydrogens (tertiary/aromatic N) is 3. The fourth-order valence-corrected chi connectivity index (χ4v) is 4.01. The van der Waals surface area contributed by atoms with Crippen molar-refractivity contribution in [2.45, 2.75) is 17.8 Å². The van der Waals surface area contributed by atoms with Crippen LogP contribution in [0.25, 0.3) is 0 Å². The average molecular weight is 387 g/mol. The molecule has 0 bridgehead atoms. The van der Waals surface area contributed by atoms with Crippen molar-refractivity contribution in [3.05, 3.63) is 36.4 Å². The summed E-state index contributed by atoms with van der Waals surface area (Å²) in [7, 11) is -3.06. The van der Waals surface area contributed by atoms with Crippen LogP contribution in [0.15, 0.2) is 30.6 Å². The van der Waals surface area contributed by atoms with Gasteiger partial charge in [-0.15, -0.1) is 0 Å². The number of ether oxygens (including phenoxy) is 1. The van der Waals surface area contributed by atoms with Gasteiger partial charge in [0.05, 0.1) is 12.3 Å². The molecule has 0 aromatic heterocycles. The summed E-state index contributed by atoms with van der Waals surface area (Å²) in [6.07, 6.45) is 1.78. The normalized spacial score (nSPS) is 26.0. The van der Waals surface area contributed by atoms with Crippen LogP contribution >= 0.6 is 0 Å². The van der Waals surface area contributed by atoms with Gasteiger partial charge >= 0.3 is 10.1 Å². The number of hydrogen-bond donors (Lipinski definition) is 2. The molecule has 11 heteroatoms. The molecule has 3 atom stereocenters. The molecule has 1 fully saturated rings. The van der Waals surface area contributed by atoms with Gasteiger partial charge in [-0.05, 0) is 18.2 Å². The number of halogens is 1. The number of anilines is 2. The minimum absolute atomic E-state index is 0.0570. The molecular weight excluding hydrogens is 369 g/mol. The zero-order valence-electron chi connectivity index (χ0n) is 13.8. The monoisotopic (exact) mass is 387 g/mol. The molecule has 0 aliphatic carbocycles. The Balaban J connectivity index is 1.91. The summed E-state index contributed by atoms with van der Waals surface area (Å²) < 4.78 is 52.6. The number of aliphatic hydroxyl groups is 1. The molecule has 1 aromatic carbocycles. The number of benzene rings is 1. The predicted octanol–water partition coefficient (Wildman–Crippen LogP) is -0.0574. The Hall–Kier alpha value is -2.21. The van der Waals surface area contributed by atoms with Crippen molar-refractivity contribution in [3.63, 3.8) is 0 Å². The highest BCUT2D eigenvalue weighted by Crippen LogP contribution is 2.33. The minimum atomic E-state index is -4.50. The molecule has 2 unspecified atom stereocenters. The molecule has 1 saturated heterocycles. The van der Waals surface area contributed by atoms with E-state index in [-0.39, 0.29) is 18.8 Å². The van der Waals surface area contributed by atoms with Crippen molar-refractivity contribution in [2.24, 2.45) is 0 Å². The van der Waals surface area contributed by atoms with Gasteiger partial charge in [-0.1, -0.05) is 0 Å². The van der Waals surface area contributed by atoms with Gasteiger partial charge in [0.25, 0.3) is 0 Å². The summed E-state index contributed by atoms with van der Waals surface area (Å²) in [5, 5.41) is 9.18. The summed E-state index contributed by atoms with van der Waals surface area (Å²) in [5.74, 6) is -0.742. The maximum absolute atomic E-state index is 14.7. The minimum Gasteiger partial charge on any atom is -0.394 e. The summed E-state index contributed by atoms with van der Waals surface area (Å²) in [4.78, 5) is 14.9. The lowest BCUT2D eigenvalue weighted by molar-refractivity contribution is -0.117. The Morgan fingerprint density at radius 3 is 2.69 bits per heavy atom. The lowest BCUT2D eigenvalue weighted by atomic mass is 10.2. The molecular formula is C15H18FN3O6S. The zero-order chi connectivity index (χ0) is 19.1. The van der Waals surface area contributed by atoms with E-state index in [0.29, 0.717) is 12.0 Å². The van der Waals surface area contributed by atoms with E-state index in [9.17, 15) is 27.3 Å². The van der Waals surface area contributed by atoms with E-state index in [1.165, 1.54) is 41.4 Å². The van der Waals surface area contributed by atoms with Crippen molar-refractivity contribution >= 4 is 27.8 Å². The summed E-state index contributed by atoms with van der Waals surface area (Å²) in [6, 6.07) is 3.99. The Morgan fingerprint density at radius 2 is 2.12 bits per heavy atom. The Morgan fingerprint density at radius 1 is 1.38 bits per heavy atom. The Bertz CT molecular complexity index is 833. The van der Waals surface area contributed by atoms with Crippen LogP contribution in [0.3, 0.4) is 0 Å². The fourth-order valence-electron chi connectivity index (χ4n) is 3.05. The first-order valence-corrected chi connectivity index (χ1v) is 9.19. The van der Waals surface area contributed by atoms with Gasteiger partial charge in [-0.25, -0.2) is 4.39 Å². The van der Waals surface area contributed by atoms with Crippen LogP contribution in [0.2, 0.25) is 0 Å². The van der Waals surface area contributed by atoms with Gasteiger partial charge in [0.15, 0.2) is 12.5 Å². The highest BCUT2D eigenvalue weighted by molar-refractivity contribution is 7.86. The molecule has 26 heavy (non-hydrogen) atoms. The van der Waals surface area contributed by atoms with Gasteiger partial charge < -0.3 is 24.5 Å². The van der Waals surface area contributed by atoms with E-state index in [1.807, 2.05) is 0 Å². The largest absolute Gasteiger partial charge is 0.394 e. The molecule has 1 aromatic rings. The van der Waals surface area contributed by atoms with E-state index in [1.54, 1.807) is 0 Å². The molecule has 142 valence electrons. The van der Waals surface area contributed by atoms with Crippen molar-refractivity contribution in [3.8, 4) is 0 Å². The van der Waals surface area contributed by atoms with Crippen LogP contribution in [-0.4, -0.2) is 67.3 Å². The highest BCUT2D eigenvalue weighted by atomic mass is 32.2. The zero-order valence-corrected chi connectivity index (χ0v) is 14.6. The van der Waals surface area contributed by atoms with Crippen LogP contribution < -0.4 is 9.80 Å². The SMILES string of the molecule is CN1C=CN(c2ccc(N3C[C@H](CO)OC3C=O)cc2F)C1S(=O)(=O)O. The number of carbonyl (C=O) groups is 1. The quantitative estimate of drug-likeness (QED) is 0.530. The first kappa shape index (κ1) is 18.6. The number of aliphatic hydroxyl groups excluding tert-OH is 1. The highest BCUT2D eigenvalue weighted by Gasteiger charge is 2.37. The molecule has 9 nitrogen and oxygen atoms in total. The molecule has 3 rings (SSSR count). The van der Waals surface area contributed by atoms with Crippen LogP contribution in [0.5, 0.6) is 0 Å². The van der Waals surface area contributed by atoms with E-state index < -0.39 is 33.8 Å². The number of carbonyl (C=O) groups excluding carboxylic acids is 1. The van der Waals surface area contributed by atoms with E-state index in [4.69, 9.17) is 4.74 Å². The van der Waals surface area contributed by atoms with Crippen LogP contribution in [0.1, 0.15) is 0 Å². The average Bonchev–Trinajstić information content (AvgIpc) is 3.17. The summed E-state index contributed by atoms with van der Waals surface area (Å²) in [5.41, 5.74) is -1.18. The van der Waals surface area contributed by atoms with Gasteiger partial charge in [-0.3, -0.25) is 9.35 Å². The van der Waals surface area contributed by atoms with E-state index >= 15 is 0 Å². The fraction of sp³-hybridized carbons (Fsp3) is 0.400. The molecule has 2 aliphatic heterocycles. The van der Waals surface area contributed by atoms with E-state index in [2.05, 4.69) is 0 Å². The first-order chi connectivity index (χ1) is 12.3. The Labute approximate surface area is 149 Å². The summed E-state index contributed by atoms with van der Waals surface area (Å²) in [6.45, 7) is -0.0684. The van der Waals surface area contributed by atoms with Crippen LogP contribution in [-0.2, 0) is 19.6 Å². The molecule has 0 saturated carbocycles. The second-order valence-electron chi connectivity index (χ2n) is 5.97. The molecule has 0 radical (unpaired) electrons. The Kier molecular flexibility index (Phi) is 4.88. The predicted molar refractivity (Wildman–Crippen MR) is 90.3 cm³/mol. The van der Waals surface area contributed by atoms with Gasteiger partial charge in [-0.2, -0.15) is 8.42 Å². The standard InChI is InChI=1S/C15H18FN3O6S/c1-17-4-5-18(15(17)26(22,23)24)13-3-2-10(6-12(13)16)19-7-11(8-20)25-14(19)9-21/h2-6,9,11,14-15,20H,7-8H2,1H3,(H,22,23,24)/t11-,14?,15?/m1/s1. The number of hydrogen-bond acceptors (Lipinski definition) is 8. The first-order valence-electron chi connectivity index (χ1n) is 7.69. The molecule has 2 aliphatic rings. The van der Waals surface area contributed by atoms with Gasteiger partial charge in [0.1, 0.15) is 11.9 Å². The number of aldehydes is 1. The third-order valence-electron chi connectivity index (χ3n) is 4.22. The summed E-state index contributed by atoms with van der Waals surface area (Å²) >= 11 is 0. The topological polar surface area (TPSA) is 111 Å². The van der Waals surface area contributed by atoms with Crippen LogP contribution in [0.4, 0.5) is 15.8 Å². The third kappa shape index (κ3) is 3.26. The lowest BCUT2D eigenvalue weighted by Gasteiger charge is -2.28. The van der Waals surface area contributed by atoms with Crippen molar-refractivity contribution in [2.75, 3.05) is 30.0 Å². The molecule has 0 amide bonds. The van der Waals surface area contributed by atoms with Gasteiger partial charge in [0.2, 0.25) is 5.50 Å². The molecule has 2 heterocycles. The van der Waals surface area contributed by atoms with Crippen LogP contribution in [0, 0.1) is 5.82 Å². The van der Waals surface area contributed by atoms with Crippen molar-refractivity contribution < 1.29 is 32.0 Å². The molecule has 2 N–H and O–H groups in total.